The monoisotopic (exact) mass is 271 g/mol. The van der Waals surface area contributed by atoms with Crippen molar-refractivity contribution in [3.05, 3.63) is 29.3 Å². The number of benzene rings is 1. The van der Waals surface area contributed by atoms with E-state index in [0.717, 1.165) is 11.1 Å². The number of carbonyl (C=O) groups excluding carboxylic acids is 2. The number of aliphatic hydroxyl groups is 1. The smallest absolute Gasteiger partial charge is 0.234 e. The number of piperidine rings is 1. The molecule has 20 heavy (non-hydrogen) atoms. The molecular weight excluding hydrogens is 254 g/mol. The molecule has 4 heteroatoms. The fraction of sp³-hybridized carbons (Fsp3) is 0.375. The van der Waals surface area contributed by atoms with Crippen molar-refractivity contribution in [2.24, 2.45) is 5.92 Å². The summed E-state index contributed by atoms with van der Waals surface area (Å²) in [6.07, 6.45) is 0.800. The lowest BCUT2D eigenvalue weighted by molar-refractivity contribution is -0.130. The molecule has 2 rings (SSSR count). The van der Waals surface area contributed by atoms with Gasteiger partial charge in [0.2, 0.25) is 11.8 Å². The van der Waals surface area contributed by atoms with Crippen molar-refractivity contribution >= 4 is 17.5 Å². The van der Waals surface area contributed by atoms with Crippen molar-refractivity contribution in [2.45, 2.75) is 26.7 Å². The molecule has 1 aromatic carbocycles. The van der Waals surface area contributed by atoms with Gasteiger partial charge >= 0.3 is 0 Å². The van der Waals surface area contributed by atoms with Crippen LogP contribution < -0.4 is 4.90 Å². The van der Waals surface area contributed by atoms with Crippen LogP contribution in [0.1, 0.15) is 30.9 Å². The van der Waals surface area contributed by atoms with Crippen LogP contribution in [0.4, 0.5) is 5.69 Å². The van der Waals surface area contributed by atoms with Gasteiger partial charge in [-0.3, -0.25) is 14.5 Å². The Hall–Kier alpha value is -2.12. The molecule has 0 aromatic heterocycles. The fourth-order valence-electron chi connectivity index (χ4n) is 2.38. The maximum atomic E-state index is 12.1. The number of nitrogens with zero attached hydrogens (tertiary/aromatic N) is 1. The standard InChI is InChI=1S/C16H17NO3/c1-11-8-15(19)17(16(20)9-11)14-6-5-13(4-3-7-18)10-12(14)2/h5-6,10-11,18H,7-9H2,1-2H3. The second kappa shape index (κ2) is 5.89. The topological polar surface area (TPSA) is 57.6 Å². The van der Waals surface area contributed by atoms with Crippen LogP contribution in [0.25, 0.3) is 0 Å². The van der Waals surface area contributed by atoms with E-state index in [0.29, 0.717) is 18.5 Å². The Bertz CT molecular complexity index is 592. The first-order valence-electron chi connectivity index (χ1n) is 6.59. The van der Waals surface area contributed by atoms with Gasteiger partial charge in [-0.25, -0.2) is 0 Å². The molecule has 1 N–H and O–H groups in total. The van der Waals surface area contributed by atoms with Crippen LogP contribution in [0, 0.1) is 24.7 Å². The molecule has 0 saturated carbocycles. The molecule has 1 aliphatic heterocycles. The number of amides is 2. The van der Waals surface area contributed by atoms with Gasteiger partial charge in [0, 0.05) is 18.4 Å². The summed E-state index contributed by atoms with van der Waals surface area (Å²) in [4.78, 5) is 25.4. The van der Waals surface area contributed by atoms with E-state index >= 15 is 0 Å². The van der Waals surface area contributed by atoms with Gasteiger partial charge in [-0.1, -0.05) is 18.8 Å². The molecule has 1 heterocycles. The van der Waals surface area contributed by atoms with Crippen molar-refractivity contribution in [3.63, 3.8) is 0 Å². The highest BCUT2D eigenvalue weighted by Gasteiger charge is 2.32. The molecule has 0 spiro atoms. The normalized spacial score (nSPS) is 16.1. The van der Waals surface area contributed by atoms with E-state index in [1.165, 1.54) is 4.90 Å². The SMILES string of the molecule is Cc1cc(C#CCO)ccc1N1C(=O)CC(C)CC1=O. The van der Waals surface area contributed by atoms with Crippen molar-refractivity contribution in [1.29, 1.82) is 0 Å². The van der Waals surface area contributed by atoms with Crippen molar-refractivity contribution < 1.29 is 14.7 Å². The second-order valence-corrected chi connectivity index (χ2v) is 5.10. The molecule has 1 aliphatic rings. The third kappa shape index (κ3) is 2.89. The lowest BCUT2D eigenvalue weighted by atomic mass is 9.96. The summed E-state index contributed by atoms with van der Waals surface area (Å²) in [6, 6.07) is 5.31. The third-order valence-electron chi connectivity index (χ3n) is 3.29. The molecule has 0 bridgehead atoms. The van der Waals surface area contributed by atoms with E-state index in [4.69, 9.17) is 5.11 Å². The molecule has 0 radical (unpaired) electrons. The lowest BCUT2D eigenvalue weighted by Crippen LogP contribution is -2.43. The number of carbonyl (C=O) groups is 2. The number of aliphatic hydroxyl groups excluding tert-OH is 1. The Balaban J connectivity index is 2.33. The number of aryl methyl sites for hydroxylation is 1. The van der Waals surface area contributed by atoms with E-state index in [2.05, 4.69) is 11.8 Å². The van der Waals surface area contributed by atoms with Crippen molar-refractivity contribution in [2.75, 3.05) is 11.5 Å². The van der Waals surface area contributed by atoms with Crippen LogP contribution in [-0.2, 0) is 9.59 Å². The Morgan fingerprint density at radius 2 is 1.95 bits per heavy atom. The maximum absolute atomic E-state index is 12.1. The Morgan fingerprint density at radius 3 is 2.50 bits per heavy atom. The van der Waals surface area contributed by atoms with Gasteiger partial charge in [-0.05, 0) is 36.6 Å². The third-order valence-corrected chi connectivity index (χ3v) is 3.29. The summed E-state index contributed by atoms with van der Waals surface area (Å²) in [5.74, 6) is 5.20. The van der Waals surface area contributed by atoms with Crippen molar-refractivity contribution in [1.82, 2.24) is 0 Å². The van der Waals surface area contributed by atoms with Crippen LogP contribution in [0.5, 0.6) is 0 Å². The maximum Gasteiger partial charge on any atom is 0.234 e. The van der Waals surface area contributed by atoms with Gasteiger partial charge in [-0.15, -0.1) is 0 Å². The number of imide groups is 1. The van der Waals surface area contributed by atoms with Crippen LogP contribution in [0.15, 0.2) is 18.2 Å². The van der Waals surface area contributed by atoms with Crippen LogP contribution >= 0.6 is 0 Å². The first kappa shape index (κ1) is 14.3. The van der Waals surface area contributed by atoms with E-state index in [9.17, 15) is 9.59 Å². The van der Waals surface area contributed by atoms with Gasteiger partial charge in [0.05, 0.1) is 5.69 Å². The first-order valence-corrected chi connectivity index (χ1v) is 6.59. The van der Waals surface area contributed by atoms with E-state index in [-0.39, 0.29) is 24.3 Å². The highest BCUT2D eigenvalue weighted by atomic mass is 16.2. The summed E-state index contributed by atoms with van der Waals surface area (Å²) >= 11 is 0. The summed E-state index contributed by atoms with van der Waals surface area (Å²) in [5, 5.41) is 8.68. The fourth-order valence-corrected chi connectivity index (χ4v) is 2.38. The average Bonchev–Trinajstić information content (AvgIpc) is 2.37. The minimum absolute atomic E-state index is 0.112. The quantitative estimate of drug-likeness (QED) is 0.624. The van der Waals surface area contributed by atoms with Gasteiger partial charge < -0.3 is 5.11 Å². The van der Waals surface area contributed by atoms with E-state index < -0.39 is 0 Å². The van der Waals surface area contributed by atoms with Gasteiger partial charge in [-0.2, -0.15) is 0 Å². The molecule has 1 aromatic rings. The van der Waals surface area contributed by atoms with E-state index in [1.54, 1.807) is 12.1 Å². The Morgan fingerprint density at radius 1 is 1.30 bits per heavy atom. The highest BCUT2D eigenvalue weighted by Crippen LogP contribution is 2.28. The zero-order valence-electron chi connectivity index (χ0n) is 11.6. The number of hydrogen-bond donors (Lipinski definition) is 1. The summed E-state index contributed by atoms with van der Waals surface area (Å²) < 4.78 is 0. The largest absolute Gasteiger partial charge is 0.384 e. The minimum Gasteiger partial charge on any atom is -0.384 e. The molecule has 4 nitrogen and oxygen atoms in total. The zero-order valence-corrected chi connectivity index (χ0v) is 11.6. The highest BCUT2D eigenvalue weighted by molar-refractivity contribution is 6.17. The second-order valence-electron chi connectivity index (χ2n) is 5.10. The van der Waals surface area contributed by atoms with Crippen LogP contribution in [0.2, 0.25) is 0 Å². The zero-order chi connectivity index (χ0) is 14.7. The summed E-state index contributed by atoms with van der Waals surface area (Å²) in [7, 11) is 0. The molecule has 1 saturated heterocycles. The predicted molar refractivity (Wildman–Crippen MR) is 76.0 cm³/mol. The van der Waals surface area contributed by atoms with Crippen LogP contribution in [0.3, 0.4) is 0 Å². The molecule has 1 fully saturated rings. The molecular formula is C16H17NO3. The number of hydrogen-bond acceptors (Lipinski definition) is 3. The van der Waals surface area contributed by atoms with Gasteiger partial charge in [0.1, 0.15) is 6.61 Å². The molecule has 0 atom stereocenters. The number of anilines is 1. The summed E-state index contributed by atoms with van der Waals surface area (Å²) in [6.45, 7) is 3.56. The number of rotatable bonds is 1. The Kier molecular flexibility index (Phi) is 4.21. The van der Waals surface area contributed by atoms with Gasteiger partial charge in [0.25, 0.3) is 0 Å². The van der Waals surface area contributed by atoms with Crippen molar-refractivity contribution in [3.8, 4) is 11.8 Å². The average molecular weight is 271 g/mol. The van der Waals surface area contributed by atoms with Gasteiger partial charge in [0.15, 0.2) is 0 Å². The molecule has 0 unspecified atom stereocenters. The van der Waals surface area contributed by atoms with E-state index in [1.807, 2.05) is 19.9 Å². The minimum atomic E-state index is -0.193. The Labute approximate surface area is 118 Å². The predicted octanol–water partition coefficient (Wildman–Crippen LogP) is 1.63. The molecule has 2 amide bonds. The van der Waals surface area contributed by atoms with Crippen LogP contribution in [-0.4, -0.2) is 23.5 Å². The molecule has 104 valence electrons. The lowest BCUT2D eigenvalue weighted by Gasteiger charge is -2.29. The molecule has 0 aliphatic carbocycles. The summed E-state index contributed by atoms with van der Waals surface area (Å²) in [5.41, 5.74) is 2.21. The first-order chi connectivity index (χ1) is 9.52.